The summed E-state index contributed by atoms with van der Waals surface area (Å²) in [5.74, 6) is -0.552. The average molecular weight is 455 g/mol. The SMILES string of the molecule is N#C/C(=C/c1ccc(O)c(I)c1)C1=NN(c2ccccc2)[C@@H](N)[C@@H]1C#N. The van der Waals surface area contributed by atoms with Crippen LogP contribution in [0.25, 0.3) is 6.08 Å². The molecule has 0 saturated heterocycles. The molecule has 2 aromatic carbocycles. The minimum absolute atomic E-state index is 0.173. The Balaban J connectivity index is 2.03. The van der Waals surface area contributed by atoms with E-state index in [1.807, 2.05) is 52.9 Å². The van der Waals surface area contributed by atoms with Crippen LogP contribution in [0.3, 0.4) is 0 Å². The lowest BCUT2D eigenvalue weighted by atomic mass is 9.95. The first kappa shape index (κ1) is 17.9. The number of hydrogen-bond donors (Lipinski definition) is 2. The lowest BCUT2D eigenvalue weighted by molar-refractivity contribution is 0.471. The van der Waals surface area contributed by atoms with E-state index < -0.39 is 12.1 Å². The van der Waals surface area contributed by atoms with Crippen LogP contribution in [0.2, 0.25) is 0 Å². The third-order valence-corrected chi connectivity index (χ3v) is 4.84. The molecule has 0 aromatic heterocycles. The van der Waals surface area contributed by atoms with Gasteiger partial charge in [-0.15, -0.1) is 0 Å². The molecular formula is C19H14IN5O. The Morgan fingerprint density at radius 2 is 1.96 bits per heavy atom. The Kier molecular flexibility index (Phi) is 5.21. The van der Waals surface area contributed by atoms with E-state index in [1.54, 1.807) is 29.3 Å². The fraction of sp³-hybridized carbons (Fsp3) is 0.105. The van der Waals surface area contributed by atoms with Gasteiger partial charge in [-0.05, 0) is 58.5 Å². The molecule has 0 fully saturated rings. The van der Waals surface area contributed by atoms with Gasteiger partial charge in [-0.2, -0.15) is 15.6 Å². The Hall–Kier alpha value is -2.88. The molecule has 3 rings (SSSR count). The third kappa shape index (κ3) is 3.40. The summed E-state index contributed by atoms with van der Waals surface area (Å²) < 4.78 is 0.668. The van der Waals surface area contributed by atoms with Gasteiger partial charge in [0.15, 0.2) is 0 Å². The lowest BCUT2D eigenvalue weighted by Crippen LogP contribution is -2.40. The number of rotatable bonds is 3. The van der Waals surface area contributed by atoms with E-state index in [9.17, 15) is 15.6 Å². The van der Waals surface area contributed by atoms with E-state index in [-0.39, 0.29) is 11.3 Å². The molecule has 2 aromatic rings. The van der Waals surface area contributed by atoms with Crippen molar-refractivity contribution in [1.82, 2.24) is 0 Å². The molecule has 0 amide bonds. The molecule has 1 aliphatic heterocycles. The maximum absolute atomic E-state index is 9.64. The van der Waals surface area contributed by atoms with E-state index in [0.29, 0.717) is 9.28 Å². The van der Waals surface area contributed by atoms with Crippen LogP contribution >= 0.6 is 22.6 Å². The number of hydrogen-bond acceptors (Lipinski definition) is 6. The van der Waals surface area contributed by atoms with Crippen LogP contribution in [0.1, 0.15) is 5.56 Å². The molecule has 3 N–H and O–H groups in total. The number of halogens is 1. The fourth-order valence-corrected chi connectivity index (χ4v) is 3.20. The minimum atomic E-state index is -0.725. The number of aromatic hydroxyl groups is 1. The van der Waals surface area contributed by atoms with Gasteiger partial charge in [0.1, 0.15) is 23.9 Å². The first-order chi connectivity index (χ1) is 12.5. The molecule has 0 unspecified atom stereocenters. The molecule has 6 nitrogen and oxygen atoms in total. The predicted molar refractivity (Wildman–Crippen MR) is 108 cm³/mol. The topological polar surface area (TPSA) is 109 Å². The Morgan fingerprint density at radius 3 is 2.58 bits per heavy atom. The molecule has 7 heteroatoms. The highest BCUT2D eigenvalue weighted by Crippen LogP contribution is 2.29. The van der Waals surface area contributed by atoms with Gasteiger partial charge in [0.25, 0.3) is 0 Å². The van der Waals surface area contributed by atoms with Crippen LogP contribution in [0.15, 0.2) is 59.2 Å². The second-order valence-electron chi connectivity index (χ2n) is 5.64. The molecule has 0 radical (unpaired) electrons. The number of allylic oxidation sites excluding steroid dienone is 1. The summed E-state index contributed by atoms with van der Waals surface area (Å²) in [5, 5.41) is 34.8. The predicted octanol–water partition coefficient (Wildman–Crippen LogP) is 3.20. The number of nitriles is 2. The molecule has 0 aliphatic carbocycles. The molecular weight excluding hydrogens is 441 g/mol. The first-order valence-electron chi connectivity index (χ1n) is 7.74. The van der Waals surface area contributed by atoms with Crippen LogP contribution in [0.4, 0.5) is 5.69 Å². The summed E-state index contributed by atoms with van der Waals surface area (Å²) in [4.78, 5) is 0. The number of hydrazone groups is 1. The van der Waals surface area contributed by atoms with Gasteiger partial charge < -0.3 is 10.8 Å². The number of phenols is 1. The van der Waals surface area contributed by atoms with Gasteiger partial charge in [-0.25, -0.2) is 5.01 Å². The second kappa shape index (κ2) is 7.56. The number of para-hydroxylation sites is 1. The van der Waals surface area contributed by atoms with Gasteiger partial charge >= 0.3 is 0 Å². The van der Waals surface area contributed by atoms with E-state index in [0.717, 1.165) is 11.3 Å². The number of anilines is 1. The molecule has 1 aliphatic rings. The maximum Gasteiger partial charge on any atom is 0.128 e. The maximum atomic E-state index is 9.64. The van der Waals surface area contributed by atoms with Gasteiger partial charge in [0, 0.05) is 0 Å². The smallest absolute Gasteiger partial charge is 0.128 e. The van der Waals surface area contributed by atoms with Crippen molar-refractivity contribution in [1.29, 1.82) is 10.5 Å². The number of phenolic OH excluding ortho intramolecular Hbond substituents is 1. The monoisotopic (exact) mass is 455 g/mol. The number of nitrogens with zero attached hydrogens (tertiary/aromatic N) is 4. The van der Waals surface area contributed by atoms with Crippen molar-refractivity contribution < 1.29 is 5.11 Å². The molecule has 128 valence electrons. The van der Waals surface area contributed by atoms with Crippen molar-refractivity contribution in [3.8, 4) is 17.9 Å². The van der Waals surface area contributed by atoms with Gasteiger partial charge in [-0.1, -0.05) is 24.3 Å². The van der Waals surface area contributed by atoms with Gasteiger partial charge in [0.2, 0.25) is 0 Å². The Labute approximate surface area is 164 Å². The highest BCUT2D eigenvalue weighted by molar-refractivity contribution is 14.1. The summed E-state index contributed by atoms with van der Waals surface area (Å²) in [6.45, 7) is 0. The van der Waals surface area contributed by atoms with Crippen LogP contribution in [-0.4, -0.2) is 17.0 Å². The van der Waals surface area contributed by atoms with E-state index in [1.165, 1.54) is 0 Å². The van der Waals surface area contributed by atoms with Crippen LogP contribution < -0.4 is 10.7 Å². The molecule has 1 heterocycles. The van der Waals surface area contributed by atoms with E-state index in [2.05, 4.69) is 17.2 Å². The lowest BCUT2D eigenvalue weighted by Gasteiger charge is -2.21. The molecule has 0 spiro atoms. The first-order valence-corrected chi connectivity index (χ1v) is 8.81. The van der Waals surface area contributed by atoms with Crippen molar-refractivity contribution in [2.45, 2.75) is 6.17 Å². The van der Waals surface area contributed by atoms with Crippen molar-refractivity contribution in [2.75, 3.05) is 5.01 Å². The standard InChI is InChI=1S/C19H14IN5O/c20-16-9-12(6-7-17(16)26)8-13(10-21)18-15(11-22)19(23)25(24-18)14-4-2-1-3-5-14/h1-9,15,19,26H,23H2/b13-8-/t15-,19-/m1/s1. The van der Waals surface area contributed by atoms with Crippen molar-refractivity contribution >= 4 is 40.1 Å². The summed E-state index contributed by atoms with van der Waals surface area (Å²) in [5.41, 5.74) is 8.30. The highest BCUT2D eigenvalue weighted by Gasteiger charge is 2.37. The zero-order valence-electron chi connectivity index (χ0n) is 13.5. The summed E-state index contributed by atoms with van der Waals surface area (Å²) in [6.07, 6.45) is 0.973. The summed E-state index contributed by atoms with van der Waals surface area (Å²) >= 11 is 2.01. The normalized spacial score (nSPS) is 19.6. The molecule has 0 saturated carbocycles. The summed E-state index contributed by atoms with van der Waals surface area (Å²) in [7, 11) is 0. The quantitative estimate of drug-likeness (QED) is 0.546. The third-order valence-electron chi connectivity index (χ3n) is 3.97. The second-order valence-corrected chi connectivity index (χ2v) is 6.81. The zero-order valence-corrected chi connectivity index (χ0v) is 15.7. The zero-order chi connectivity index (χ0) is 18.7. The minimum Gasteiger partial charge on any atom is -0.507 e. The molecule has 2 atom stereocenters. The molecule has 26 heavy (non-hydrogen) atoms. The van der Waals surface area contributed by atoms with Gasteiger partial charge in [-0.3, -0.25) is 0 Å². The molecule has 0 bridgehead atoms. The van der Waals surface area contributed by atoms with Crippen LogP contribution in [-0.2, 0) is 0 Å². The Bertz CT molecular complexity index is 972. The van der Waals surface area contributed by atoms with Crippen molar-refractivity contribution in [3.05, 3.63) is 63.2 Å². The van der Waals surface area contributed by atoms with Gasteiger partial charge in [0.05, 0.1) is 26.6 Å². The number of nitrogens with two attached hydrogens (primary N) is 1. The van der Waals surface area contributed by atoms with Crippen molar-refractivity contribution in [3.63, 3.8) is 0 Å². The largest absolute Gasteiger partial charge is 0.507 e. The van der Waals surface area contributed by atoms with E-state index in [4.69, 9.17) is 5.73 Å². The number of benzene rings is 2. The van der Waals surface area contributed by atoms with Crippen LogP contribution in [0.5, 0.6) is 5.75 Å². The van der Waals surface area contributed by atoms with Crippen molar-refractivity contribution in [2.24, 2.45) is 16.8 Å². The van der Waals surface area contributed by atoms with Crippen LogP contribution in [0, 0.1) is 32.2 Å². The summed E-state index contributed by atoms with van der Waals surface area (Å²) in [6, 6.07) is 18.6. The average Bonchev–Trinajstić information content (AvgIpc) is 2.99. The fourth-order valence-electron chi connectivity index (χ4n) is 2.66. The Morgan fingerprint density at radius 1 is 1.23 bits per heavy atom. The van der Waals surface area contributed by atoms with E-state index >= 15 is 0 Å². The highest BCUT2D eigenvalue weighted by atomic mass is 127.